The van der Waals surface area contributed by atoms with E-state index in [4.69, 9.17) is 34.7 Å². The number of carbonyl (C=O) groups is 1. The molecule has 0 atom stereocenters. The van der Waals surface area contributed by atoms with Crippen molar-refractivity contribution < 1.29 is 4.79 Å². The number of anilines is 2. The molecule has 3 rings (SSSR count). The van der Waals surface area contributed by atoms with Crippen LogP contribution >= 0.6 is 34.5 Å². The third-order valence-electron chi connectivity index (χ3n) is 4.26. The predicted octanol–water partition coefficient (Wildman–Crippen LogP) is 7.90. The number of thiazole rings is 1. The Morgan fingerprint density at radius 3 is 2.30 bits per heavy atom. The van der Waals surface area contributed by atoms with Crippen LogP contribution in [0.3, 0.4) is 0 Å². The number of nitrogens with zero attached hydrogens (tertiary/aromatic N) is 2. The van der Waals surface area contributed by atoms with Gasteiger partial charge in [0.25, 0.3) is 0 Å². The number of aromatic nitrogens is 1. The zero-order valence-corrected chi connectivity index (χ0v) is 21.4. The van der Waals surface area contributed by atoms with Crippen molar-refractivity contribution in [1.29, 1.82) is 0 Å². The molecule has 0 unspecified atom stereocenters. The molecule has 0 radical (unpaired) electrons. The molecule has 8 heteroatoms. The molecule has 1 aromatic heterocycles. The minimum Gasteiger partial charge on any atom is -0.375 e. The molecule has 0 aliphatic carbocycles. The molecule has 0 bridgehead atoms. The van der Waals surface area contributed by atoms with E-state index < -0.39 is 6.03 Å². The molecule has 0 saturated carbocycles. The first-order chi connectivity index (χ1) is 15.9. The Morgan fingerprint density at radius 2 is 1.82 bits per heavy atom. The van der Waals surface area contributed by atoms with Gasteiger partial charge in [-0.3, -0.25) is 4.90 Å². The summed E-state index contributed by atoms with van der Waals surface area (Å²) in [6, 6.07) is 14.9. The zero-order chi connectivity index (χ0) is 24.5. The van der Waals surface area contributed by atoms with E-state index in [1.54, 1.807) is 24.4 Å². The first-order valence-electron chi connectivity index (χ1n) is 10.8. The Balaban J connectivity index is 0.000000284. The number of carbonyl (C=O) groups excluding carboxylic acids is 1. The van der Waals surface area contributed by atoms with E-state index in [1.807, 2.05) is 11.4 Å². The van der Waals surface area contributed by atoms with Crippen LogP contribution in [0.15, 0.2) is 66.2 Å². The van der Waals surface area contributed by atoms with Gasteiger partial charge >= 0.3 is 6.03 Å². The van der Waals surface area contributed by atoms with Crippen molar-refractivity contribution in [2.75, 3.05) is 17.2 Å². The van der Waals surface area contributed by atoms with Gasteiger partial charge < -0.3 is 11.5 Å². The average Bonchev–Trinajstić information content (AvgIpc) is 3.29. The lowest BCUT2D eigenvalue weighted by molar-refractivity contribution is 0.253. The number of allylic oxidation sites excluding steroid dienone is 1. The smallest absolute Gasteiger partial charge is 0.319 e. The van der Waals surface area contributed by atoms with Crippen molar-refractivity contribution >= 4 is 57.5 Å². The Labute approximate surface area is 211 Å². The number of hydrogen-bond donors (Lipinski definition) is 2. The quantitative estimate of drug-likeness (QED) is 0.319. The summed E-state index contributed by atoms with van der Waals surface area (Å²) in [5.41, 5.74) is 12.5. The lowest BCUT2D eigenvalue weighted by Crippen LogP contribution is -2.36. The molecule has 33 heavy (non-hydrogen) atoms. The normalized spacial score (nSPS) is 10.1. The van der Waals surface area contributed by atoms with Crippen molar-refractivity contribution in [2.45, 2.75) is 39.5 Å². The largest absolute Gasteiger partial charge is 0.375 e. The van der Waals surface area contributed by atoms with E-state index in [9.17, 15) is 4.79 Å². The van der Waals surface area contributed by atoms with Crippen molar-refractivity contribution in [2.24, 2.45) is 5.73 Å². The second-order valence-electron chi connectivity index (χ2n) is 6.89. The van der Waals surface area contributed by atoms with Crippen LogP contribution in [0.25, 0.3) is 6.08 Å². The Hall–Kier alpha value is -2.54. The topological polar surface area (TPSA) is 85.2 Å². The van der Waals surface area contributed by atoms with Crippen LogP contribution in [-0.2, 0) is 0 Å². The third-order valence-corrected chi connectivity index (χ3v) is 5.61. The van der Waals surface area contributed by atoms with Crippen LogP contribution in [0.4, 0.5) is 15.6 Å². The maximum absolute atomic E-state index is 11.4. The van der Waals surface area contributed by atoms with Gasteiger partial charge in [-0.15, -0.1) is 11.3 Å². The lowest BCUT2D eigenvalue weighted by atomic mass is 10.2. The SMILES string of the molecule is CCC=Cc1ccccc1.CCCCCN(C(N)=O)c1ccc(Cl)c(Cl)c1.Nc1nccs1. The molecule has 4 N–H and O–H groups in total. The number of halogens is 2. The van der Waals surface area contributed by atoms with Gasteiger partial charge in [-0.25, -0.2) is 9.78 Å². The number of nitrogen functional groups attached to an aromatic ring is 1. The van der Waals surface area contributed by atoms with Crippen LogP contribution < -0.4 is 16.4 Å². The van der Waals surface area contributed by atoms with Crippen molar-refractivity contribution in [3.63, 3.8) is 0 Å². The summed E-state index contributed by atoms with van der Waals surface area (Å²) in [4.78, 5) is 16.6. The summed E-state index contributed by atoms with van der Waals surface area (Å²) in [5.74, 6) is 0. The number of rotatable bonds is 7. The number of nitrogens with two attached hydrogens (primary N) is 2. The molecule has 0 spiro atoms. The second kappa shape index (κ2) is 17.0. The molecule has 2 amide bonds. The van der Waals surface area contributed by atoms with E-state index in [0.717, 1.165) is 25.7 Å². The molecule has 3 aromatic rings. The van der Waals surface area contributed by atoms with Gasteiger partial charge in [-0.2, -0.15) is 0 Å². The summed E-state index contributed by atoms with van der Waals surface area (Å²) in [7, 11) is 0. The Morgan fingerprint density at radius 1 is 1.09 bits per heavy atom. The zero-order valence-electron chi connectivity index (χ0n) is 19.1. The van der Waals surface area contributed by atoms with Crippen molar-refractivity contribution in [3.8, 4) is 0 Å². The van der Waals surface area contributed by atoms with Crippen LogP contribution in [0.2, 0.25) is 10.0 Å². The minimum absolute atomic E-state index is 0.422. The van der Waals surface area contributed by atoms with Crippen molar-refractivity contribution in [3.05, 3.63) is 81.8 Å². The molecule has 0 saturated heterocycles. The van der Waals surface area contributed by atoms with Crippen LogP contribution in [0.1, 0.15) is 45.1 Å². The number of unbranched alkanes of at least 4 members (excludes halogenated alkanes) is 2. The average molecular weight is 508 g/mol. The molecule has 0 aliphatic heterocycles. The molecule has 5 nitrogen and oxygen atoms in total. The monoisotopic (exact) mass is 506 g/mol. The molecular formula is C25H32Cl2N4OS. The number of primary amides is 1. The van der Waals surface area contributed by atoms with Crippen LogP contribution in [-0.4, -0.2) is 17.6 Å². The van der Waals surface area contributed by atoms with Gasteiger partial charge in [0.05, 0.1) is 10.0 Å². The predicted molar refractivity (Wildman–Crippen MR) is 145 cm³/mol. The van der Waals surface area contributed by atoms with Gasteiger partial charge in [-0.05, 0) is 36.6 Å². The summed E-state index contributed by atoms with van der Waals surface area (Å²) < 4.78 is 0. The van der Waals surface area contributed by atoms with Gasteiger partial charge in [0.1, 0.15) is 0 Å². The van der Waals surface area contributed by atoms with Gasteiger partial charge in [0.15, 0.2) is 5.13 Å². The van der Waals surface area contributed by atoms with Crippen LogP contribution in [0.5, 0.6) is 0 Å². The van der Waals surface area contributed by atoms with Crippen LogP contribution in [0, 0.1) is 0 Å². The van der Waals surface area contributed by atoms with E-state index >= 15 is 0 Å². The Bertz CT molecular complexity index is 950. The molecule has 0 aliphatic rings. The highest BCUT2D eigenvalue weighted by atomic mass is 35.5. The molecular weight excluding hydrogens is 475 g/mol. The standard InChI is InChI=1S/C12H16Cl2N2O.C10H12.C3H4N2S/c1-2-3-4-7-16(12(15)17)9-5-6-10(13)11(14)8-9;1-2-3-7-10-8-5-4-6-9-10;4-3-5-1-2-6-3/h5-6,8H,2-4,7H2,1H3,(H2,15,17);3-9H,2H2,1H3;1-2H,(H2,4,5). The third kappa shape index (κ3) is 12.3. The fourth-order valence-corrected chi connectivity index (χ4v) is 3.27. The summed E-state index contributed by atoms with van der Waals surface area (Å²) in [5, 5.41) is 3.37. The maximum Gasteiger partial charge on any atom is 0.319 e. The van der Waals surface area contributed by atoms with E-state index in [2.05, 4.69) is 55.2 Å². The summed E-state index contributed by atoms with van der Waals surface area (Å²) in [6.07, 6.45) is 10.2. The van der Waals surface area contributed by atoms with Gasteiger partial charge in [0.2, 0.25) is 0 Å². The molecule has 178 valence electrons. The number of urea groups is 1. The van der Waals surface area contributed by atoms with Gasteiger partial charge in [0, 0.05) is 23.8 Å². The van der Waals surface area contributed by atoms with E-state index in [1.165, 1.54) is 21.8 Å². The molecule has 1 heterocycles. The maximum atomic E-state index is 11.4. The molecule has 2 aromatic carbocycles. The summed E-state index contributed by atoms with van der Waals surface area (Å²) in [6.45, 7) is 4.84. The van der Waals surface area contributed by atoms with E-state index in [0.29, 0.717) is 27.4 Å². The number of amides is 2. The number of hydrogen-bond acceptors (Lipinski definition) is 4. The minimum atomic E-state index is -0.473. The van der Waals surface area contributed by atoms with Crippen molar-refractivity contribution in [1.82, 2.24) is 4.98 Å². The molecule has 0 fully saturated rings. The first kappa shape index (κ1) is 28.5. The first-order valence-corrected chi connectivity index (χ1v) is 12.4. The Kier molecular flexibility index (Phi) is 14.7. The van der Waals surface area contributed by atoms with E-state index in [-0.39, 0.29) is 0 Å². The lowest BCUT2D eigenvalue weighted by Gasteiger charge is -2.20. The highest BCUT2D eigenvalue weighted by molar-refractivity contribution is 7.13. The fraction of sp³-hybridized carbons (Fsp3) is 0.280. The highest BCUT2D eigenvalue weighted by Gasteiger charge is 2.12. The highest BCUT2D eigenvalue weighted by Crippen LogP contribution is 2.27. The van der Waals surface area contributed by atoms with Gasteiger partial charge in [-0.1, -0.05) is 92.4 Å². The number of benzene rings is 2. The second-order valence-corrected chi connectivity index (χ2v) is 8.63. The fourth-order valence-electron chi connectivity index (χ4n) is 2.59. The summed E-state index contributed by atoms with van der Waals surface area (Å²) >= 11 is 13.2.